The number of nitrogens with zero attached hydrogens (tertiary/aromatic N) is 1. The largest absolute Gasteiger partial charge is 0.282 e. The molecule has 3 aromatic rings. The second-order valence-corrected chi connectivity index (χ2v) is 5.28. The van der Waals surface area contributed by atoms with Crippen molar-refractivity contribution >= 4 is 11.6 Å². The molecule has 3 heteroatoms. The highest BCUT2D eigenvalue weighted by molar-refractivity contribution is 6.30. The number of aromatic nitrogens is 2. The molecule has 2 nitrogen and oxygen atoms in total. The van der Waals surface area contributed by atoms with E-state index in [0.29, 0.717) is 0 Å². The van der Waals surface area contributed by atoms with Crippen LogP contribution in [0.3, 0.4) is 0 Å². The molecule has 2 aromatic carbocycles. The molecular weight excluding hydrogens is 268 g/mol. The molecule has 0 bridgehead atoms. The van der Waals surface area contributed by atoms with Crippen molar-refractivity contribution in [3.8, 4) is 11.3 Å². The molecule has 1 heterocycles. The van der Waals surface area contributed by atoms with Crippen LogP contribution in [0, 0.1) is 6.92 Å². The van der Waals surface area contributed by atoms with Gasteiger partial charge in [-0.3, -0.25) is 5.10 Å². The van der Waals surface area contributed by atoms with E-state index in [1.807, 2.05) is 30.3 Å². The van der Waals surface area contributed by atoms with Gasteiger partial charge in [0.2, 0.25) is 0 Å². The van der Waals surface area contributed by atoms with Crippen LogP contribution in [0.25, 0.3) is 11.3 Å². The van der Waals surface area contributed by atoms with Crippen molar-refractivity contribution in [3.63, 3.8) is 0 Å². The van der Waals surface area contributed by atoms with Gasteiger partial charge in [0, 0.05) is 28.3 Å². The maximum Gasteiger partial charge on any atom is 0.0958 e. The topological polar surface area (TPSA) is 28.7 Å². The van der Waals surface area contributed by atoms with Gasteiger partial charge in [-0.15, -0.1) is 0 Å². The van der Waals surface area contributed by atoms with Crippen molar-refractivity contribution in [3.05, 3.63) is 76.4 Å². The molecule has 1 aromatic heterocycles. The van der Waals surface area contributed by atoms with E-state index in [4.69, 9.17) is 11.6 Å². The summed E-state index contributed by atoms with van der Waals surface area (Å²) in [5, 5.41) is 8.27. The maximum atomic E-state index is 5.95. The number of benzene rings is 2. The van der Waals surface area contributed by atoms with Crippen LogP contribution in [0.2, 0.25) is 5.02 Å². The monoisotopic (exact) mass is 282 g/mol. The van der Waals surface area contributed by atoms with Gasteiger partial charge in [0.15, 0.2) is 0 Å². The molecular formula is C17H15ClN2. The van der Waals surface area contributed by atoms with Gasteiger partial charge in [-0.25, -0.2) is 0 Å². The maximum absolute atomic E-state index is 5.95. The summed E-state index contributed by atoms with van der Waals surface area (Å²) in [5.41, 5.74) is 5.72. The molecule has 3 rings (SSSR count). The van der Waals surface area contributed by atoms with Crippen LogP contribution in [0.15, 0.2) is 54.6 Å². The van der Waals surface area contributed by atoms with E-state index in [9.17, 15) is 0 Å². The zero-order valence-electron chi connectivity index (χ0n) is 11.2. The first-order chi connectivity index (χ1) is 9.74. The molecule has 0 radical (unpaired) electrons. The zero-order valence-corrected chi connectivity index (χ0v) is 12.0. The third-order valence-corrected chi connectivity index (χ3v) is 3.67. The lowest BCUT2D eigenvalue weighted by atomic mass is 9.99. The minimum Gasteiger partial charge on any atom is -0.282 e. The second-order valence-electron chi connectivity index (χ2n) is 4.85. The molecule has 0 fully saturated rings. The lowest BCUT2D eigenvalue weighted by Gasteiger charge is -2.05. The Morgan fingerprint density at radius 3 is 2.40 bits per heavy atom. The van der Waals surface area contributed by atoms with Crippen LogP contribution < -0.4 is 0 Å². The van der Waals surface area contributed by atoms with Crippen LogP contribution in [-0.2, 0) is 6.42 Å². The third kappa shape index (κ3) is 2.61. The minimum absolute atomic E-state index is 0.741. The van der Waals surface area contributed by atoms with Crippen LogP contribution in [0.1, 0.15) is 16.8 Å². The fourth-order valence-corrected chi connectivity index (χ4v) is 2.44. The first kappa shape index (κ1) is 12.9. The fraction of sp³-hybridized carbons (Fsp3) is 0.118. The molecule has 1 N–H and O–H groups in total. The van der Waals surface area contributed by atoms with Crippen LogP contribution in [0.4, 0.5) is 0 Å². The summed E-state index contributed by atoms with van der Waals surface area (Å²) in [4.78, 5) is 0. The number of halogens is 1. The molecule has 0 unspecified atom stereocenters. The van der Waals surface area contributed by atoms with Crippen molar-refractivity contribution in [2.45, 2.75) is 13.3 Å². The quantitative estimate of drug-likeness (QED) is 0.745. The first-order valence-corrected chi connectivity index (χ1v) is 6.95. The van der Waals surface area contributed by atoms with Gasteiger partial charge in [0.25, 0.3) is 0 Å². The highest BCUT2D eigenvalue weighted by Crippen LogP contribution is 2.26. The van der Waals surface area contributed by atoms with Crippen molar-refractivity contribution in [2.24, 2.45) is 0 Å². The van der Waals surface area contributed by atoms with E-state index in [1.54, 1.807) is 0 Å². The van der Waals surface area contributed by atoms with Crippen molar-refractivity contribution in [2.75, 3.05) is 0 Å². The van der Waals surface area contributed by atoms with E-state index in [0.717, 1.165) is 28.4 Å². The van der Waals surface area contributed by atoms with Gasteiger partial charge < -0.3 is 0 Å². The van der Waals surface area contributed by atoms with E-state index in [1.165, 1.54) is 11.1 Å². The Labute approximate surface area is 123 Å². The Morgan fingerprint density at radius 2 is 1.70 bits per heavy atom. The van der Waals surface area contributed by atoms with Crippen molar-refractivity contribution in [1.29, 1.82) is 0 Å². The summed E-state index contributed by atoms with van der Waals surface area (Å²) in [6.07, 6.45) is 0.876. The molecule has 0 saturated heterocycles. The number of H-pyrrole nitrogens is 1. The van der Waals surface area contributed by atoms with Crippen molar-refractivity contribution < 1.29 is 0 Å². The van der Waals surface area contributed by atoms with Gasteiger partial charge in [-0.1, -0.05) is 54.1 Å². The standard InChI is InChI=1S/C17H15ClN2/c1-12-16(11-13-5-3-2-4-6-13)17(20-19-12)14-7-9-15(18)10-8-14/h2-10H,11H2,1H3,(H,19,20). The highest BCUT2D eigenvalue weighted by atomic mass is 35.5. The smallest absolute Gasteiger partial charge is 0.0958 e. The number of rotatable bonds is 3. The Kier molecular flexibility index (Phi) is 3.57. The Hall–Kier alpha value is -2.06. The van der Waals surface area contributed by atoms with Gasteiger partial charge in [-0.2, -0.15) is 5.10 Å². The van der Waals surface area contributed by atoms with Crippen LogP contribution in [-0.4, -0.2) is 10.2 Å². The van der Waals surface area contributed by atoms with Gasteiger partial charge in [0.1, 0.15) is 0 Å². The summed E-state index contributed by atoms with van der Waals surface area (Å²) in [6.45, 7) is 2.06. The molecule has 0 aliphatic carbocycles. The normalized spacial score (nSPS) is 10.7. The molecule has 0 spiro atoms. The Morgan fingerprint density at radius 1 is 1.00 bits per heavy atom. The predicted molar refractivity (Wildman–Crippen MR) is 83.0 cm³/mol. The Bertz CT molecular complexity index is 700. The molecule has 0 amide bonds. The van der Waals surface area contributed by atoms with Gasteiger partial charge in [0.05, 0.1) is 5.69 Å². The van der Waals surface area contributed by atoms with E-state index < -0.39 is 0 Å². The summed E-state index contributed by atoms with van der Waals surface area (Å²) < 4.78 is 0. The number of nitrogens with one attached hydrogen (secondary N) is 1. The molecule has 20 heavy (non-hydrogen) atoms. The average Bonchev–Trinajstić information content (AvgIpc) is 2.83. The van der Waals surface area contributed by atoms with E-state index >= 15 is 0 Å². The first-order valence-electron chi connectivity index (χ1n) is 6.58. The summed E-state index contributed by atoms with van der Waals surface area (Å²) in [5.74, 6) is 0. The SMILES string of the molecule is Cc1[nH]nc(-c2ccc(Cl)cc2)c1Cc1ccccc1. The number of hydrogen-bond acceptors (Lipinski definition) is 1. The fourth-order valence-electron chi connectivity index (χ4n) is 2.32. The van der Waals surface area contributed by atoms with Crippen molar-refractivity contribution in [1.82, 2.24) is 10.2 Å². The molecule has 0 atom stereocenters. The number of hydrogen-bond donors (Lipinski definition) is 1. The van der Waals surface area contributed by atoms with Gasteiger partial charge >= 0.3 is 0 Å². The summed E-state index contributed by atoms with van der Waals surface area (Å²) in [6, 6.07) is 18.2. The molecule has 100 valence electrons. The van der Waals surface area contributed by atoms with E-state index in [-0.39, 0.29) is 0 Å². The lowest BCUT2D eigenvalue weighted by Crippen LogP contribution is -1.92. The molecule has 0 aliphatic heterocycles. The summed E-state index contributed by atoms with van der Waals surface area (Å²) in [7, 11) is 0. The average molecular weight is 283 g/mol. The minimum atomic E-state index is 0.741. The van der Waals surface area contributed by atoms with Crippen LogP contribution in [0.5, 0.6) is 0 Å². The third-order valence-electron chi connectivity index (χ3n) is 3.42. The summed E-state index contributed by atoms with van der Waals surface area (Å²) >= 11 is 5.95. The Balaban J connectivity index is 1.99. The van der Waals surface area contributed by atoms with Gasteiger partial charge in [-0.05, 0) is 24.6 Å². The molecule has 0 aliphatic rings. The highest BCUT2D eigenvalue weighted by Gasteiger charge is 2.12. The number of aromatic amines is 1. The van der Waals surface area contributed by atoms with E-state index in [2.05, 4.69) is 41.4 Å². The zero-order chi connectivity index (χ0) is 13.9. The van der Waals surface area contributed by atoms with Crippen LogP contribution >= 0.6 is 11.6 Å². The molecule has 0 saturated carbocycles. The lowest BCUT2D eigenvalue weighted by molar-refractivity contribution is 1.04. The second kappa shape index (κ2) is 5.51. The predicted octanol–water partition coefficient (Wildman–Crippen LogP) is 4.63. The number of aryl methyl sites for hydroxylation is 1.